The van der Waals surface area contributed by atoms with Crippen molar-refractivity contribution in [1.29, 1.82) is 0 Å². The summed E-state index contributed by atoms with van der Waals surface area (Å²) in [6.07, 6.45) is 0. The molecule has 0 aliphatic heterocycles. The molecule has 0 aliphatic rings. The standard InChI is InChI=1S/C16H10Cl3N3O3S/c17-9-5-11(18)14(12(19)6-9)20-13(24)7-26-16-22-21-15(25-16)8-1-3-10(23)4-2-8/h1-6,23H,7H2,(H,20,24). The van der Waals surface area contributed by atoms with E-state index in [1.807, 2.05) is 0 Å². The highest BCUT2D eigenvalue weighted by Gasteiger charge is 2.14. The number of aromatic hydroxyl groups is 1. The maximum atomic E-state index is 12.1. The Hall–Kier alpha value is -1.93. The van der Waals surface area contributed by atoms with Crippen LogP contribution in [0.25, 0.3) is 11.5 Å². The van der Waals surface area contributed by atoms with Gasteiger partial charge >= 0.3 is 0 Å². The summed E-state index contributed by atoms with van der Waals surface area (Å²) >= 11 is 19.0. The minimum Gasteiger partial charge on any atom is -0.508 e. The molecule has 0 bridgehead atoms. The number of aromatic nitrogens is 2. The number of benzene rings is 2. The number of phenols is 1. The summed E-state index contributed by atoms with van der Waals surface area (Å²) in [5.41, 5.74) is 0.949. The van der Waals surface area contributed by atoms with E-state index in [1.54, 1.807) is 12.1 Å². The number of nitrogens with one attached hydrogen (secondary N) is 1. The Balaban J connectivity index is 1.61. The molecule has 1 amide bonds. The maximum absolute atomic E-state index is 12.1. The van der Waals surface area contributed by atoms with Crippen molar-refractivity contribution in [3.05, 3.63) is 51.5 Å². The lowest BCUT2D eigenvalue weighted by atomic mass is 10.2. The number of thioether (sulfide) groups is 1. The molecule has 134 valence electrons. The average molecular weight is 431 g/mol. The Kier molecular flexibility index (Phi) is 5.93. The van der Waals surface area contributed by atoms with Crippen LogP contribution in [0.3, 0.4) is 0 Å². The molecule has 0 radical (unpaired) electrons. The van der Waals surface area contributed by atoms with Gasteiger partial charge in [0.1, 0.15) is 5.75 Å². The van der Waals surface area contributed by atoms with Gasteiger partial charge in [-0.3, -0.25) is 4.79 Å². The van der Waals surface area contributed by atoms with Crippen molar-refractivity contribution in [1.82, 2.24) is 10.2 Å². The molecule has 26 heavy (non-hydrogen) atoms. The van der Waals surface area contributed by atoms with Gasteiger partial charge in [0.05, 0.1) is 21.5 Å². The van der Waals surface area contributed by atoms with Gasteiger partial charge in [-0.2, -0.15) is 0 Å². The number of amides is 1. The molecule has 1 heterocycles. The number of carbonyl (C=O) groups is 1. The highest BCUT2D eigenvalue weighted by atomic mass is 35.5. The summed E-state index contributed by atoms with van der Waals surface area (Å²) in [6.45, 7) is 0. The van der Waals surface area contributed by atoms with E-state index >= 15 is 0 Å². The van der Waals surface area contributed by atoms with Gasteiger partial charge in [0.2, 0.25) is 11.8 Å². The van der Waals surface area contributed by atoms with Crippen LogP contribution in [0, 0.1) is 0 Å². The van der Waals surface area contributed by atoms with E-state index in [9.17, 15) is 9.90 Å². The summed E-state index contributed by atoms with van der Waals surface area (Å²) in [4.78, 5) is 12.1. The van der Waals surface area contributed by atoms with Gasteiger partial charge < -0.3 is 14.8 Å². The summed E-state index contributed by atoms with van der Waals surface area (Å²) in [7, 11) is 0. The Morgan fingerprint density at radius 1 is 1.12 bits per heavy atom. The molecule has 0 saturated heterocycles. The van der Waals surface area contributed by atoms with Gasteiger partial charge in [0, 0.05) is 10.6 Å². The quantitative estimate of drug-likeness (QED) is 0.545. The monoisotopic (exact) mass is 429 g/mol. The largest absolute Gasteiger partial charge is 0.508 e. The van der Waals surface area contributed by atoms with Crippen LogP contribution in [0.4, 0.5) is 5.69 Å². The van der Waals surface area contributed by atoms with Crippen LogP contribution in [0.2, 0.25) is 15.1 Å². The van der Waals surface area contributed by atoms with Crippen molar-refractivity contribution in [3.63, 3.8) is 0 Å². The lowest BCUT2D eigenvalue weighted by Crippen LogP contribution is -2.14. The first kappa shape index (κ1) is 18.8. The molecule has 3 aromatic rings. The highest BCUT2D eigenvalue weighted by molar-refractivity contribution is 7.99. The lowest BCUT2D eigenvalue weighted by Gasteiger charge is -2.09. The second kappa shape index (κ2) is 8.18. The zero-order chi connectivity index (χ0) is 18.7. The molecule has 0 atom stereocenters. The van der Waals surface area contributed by atoms with E-state index in [2.05, 4.69) is 15.5 Å². The predicted octanol–water partition coefficient (Wildman–Crippen LogP) is 5.13. The molecule has 0 spiro atoms. The van der Waals surface area contributed by atoms with E-state index < -0.39 is 0 Å². The van der Waals surface area contributed by atoms with Crippen molar-refractivity contribution in [2.75, 3.05) is 11.1 Å². The van der Waals surface area contributed by atoms with Crippen molar-refractivity contribution >= 4 is 58.2 Å². The molecule has 2 aromatic carbocycles. The van der Waals surface area contributed by atoms with Crippen molar-refractivity contribution in [3.8, 4) is 17.2 Å². The van der Waals surface area contributed by atoms with Crippen molar-refractivity contribution in [2.24, 2.45) is 0 Å². The average Bonchev–Trinajstić information content (AvgIpc) is 3.06. The SMILES string of the molecule is O=C(CSc1nnc(-c2ccc(O)cc2)o1)Nc1c(Cl)cc(Cl)cc1Cl. The molecule has 1 aromatic heterocycles. The van der Waals surface area contributed by atoms with Crippen molar-refractivity contribution < 1.29 is 14.3 Å². The molecule has 6 nitrogen and oxygen atoms in total. The second-order valence-corrected chi connectivity index (χ2v) is 7.18. The van der Waals surface area contributed by atoms with Crippen LogP contribution in [0.5, 0.6) is 5.75 Å². The van der Waals surface area contributed by atoms with E-state index in [0.29, 0.717) is 16.3 Å². The van der Waals surface area contributed by atoms with Gasteiger partial charge in [-0.25, -0.2) is 0 Å². The fraction of sp³-hybridized carbons (Fsp3) is 0.0625. The summed E-state index contributed by atoms with van der Waals surface area (Å²) in [6, 6.07) is 9.29. The third-order valence-corrected chi connectivity index (χ3v) is 4.75. The third kappa shape index (κ3) is 4.62. The molecular formula is C16H10Cl3N3O3S. The first-order valence-electron chi connectivity index (χ1n) is 7.12. The van der Waals surface area contributed by atoms with Crippen LogP contribution in [-0.2, 0) is 4.79 Å². The molecule has 2 N–H and O–H groups in total. The fourth-order valence-corrected chi connectivity index (χ4v) is 3.43. The first-order chi connectivity index (χ1) is 12.4. The summed E-state index contributed by atoms with van der Waals surface area (Å²) < 4.78 is 5.48. The molecule has 0 aliphatic carbocycles. The van der Waals surface area contributed by atoms with Crippen LogP contribution in [-0.4, -0.2) is 27.0 Å². The van der Waals surface area contributed by atoms with Gasteiger partial charge in [-0.05, 0) is 36.4 Å². The second-order valence-electron chi connectivity index (χ2n) is 5.00. The number of anilines is 1. The number of carbonyl (C=O) groups excluding carboxylic acids is 1. The normalized spacial score (nSPS) is 10.7. The Bertz CT molecular complexity index is 924. The molecule has 3 rings (SSSR count). The zero-order valence-corrected chi connectivity index (χ0v) is 16.0. The fourth-order valence-electron chi connectivity index (χ4n) is 1.95. The summed E-state index contributed by atoms with van der Waals surface area (Å²) in [5, 5.41) is 20.8. The van der Waals surface area contributed by atoms with Crippen LogP contribution in [0.15, 0.2) is 46.0 Å². The first-order valence-corrected chi connectivity index (χ1v) is 9.24. The van der Waals surface area contributed by atoms with Crippen LogP contribution in [0.1, 0.15) is 0 Å². The van der Waals surface area contributed by atoms with Gasteiger partial charge in [0.15, 0.2) is 0 Å². The predicted molar refractivity (Wildman–Crippen MR) is 102 cm³/mol. The van der Waals surface area contributed by atoms with Gasteiger partial charge in [0.25, 0.3) is 5.22 Å². The minimum absolute atomic E-state index is 0.0203. The number of rotatable bonds is 5. The van der Waals surface area contributed by atoms with E-state index in [0.717, 1.165) is 11.8 Å². The maximum Gasteiger partial charge on any atom is 0.277 e. The number of halogens is 3. The highest BCUT2D eigenvalue weighted by Crippen LogP contribution is 2.34. The number of hydrogen-bond donors (Lipinski definition) is 2. The van der Waals surface area contributed by atoms with Gasteiger partial charge in [-0.15, -0.1) is 10.2 Å². The molecule has 0 fully saturated rings. The lowest BCUT2D eigenvalue weighted by molar-refractivity contribution is -0.113. The minimum atomic E-state index is -0.342. The topological polar surface area (TPSA) is 88.2 Å². The van der Waals surface area contributed by atoms with Crippen LogP contribution >= 0.6 is 46.6 Å². The number of phenolic OH excluding ortho intramolecular Hbond substituents is 1. The van der Waals surface area contributed by atoms with Crippen molar-refractivity contribution in [2.45, 2.75) is 5.22 Å². The third-order valence-electron chi connectivity index (χ3n) is 3.12. The molecule has 0 saturated carbocycles. The Labute approximate surface area is 167 Å². The van der Waals surface area contributed by atoms with E-state index in [-0.39, 0.29) is 38.6 Å². The smallest absolute Gasteiger partial charge is 0.277 e. The van der Waals surface area contributed by atoms with E-state index in [1.165, 1.54) is 24.3 Å². The molecule has 10 heteroatoms. The zero-order valence-electron chi connectivity index (χ0n) is 12.9. The summed E-state index contributed by atoms with van der Waals surface area (Å²) in [5.74, 6) is 0.105. The Morgan fingerprint density at radius 2 is 1.77 bits per heavy atom. The van der Waals surface area contributed by atoms with Gasteiger partial charge in [-0.1, -0.05) is 46.6 Å². The Morgan fingerprint density at radius 3 is 2.42 bits per heavy atom. The van der Waals surface area contributed by atoms with E-state index in [4.69, 9.17) is 39.2 Å². The van der Waals surface area contributed by atoms with Crippen LogP contribution < -0.4 is 5.32 Å². The molecular weight excluding hydrogens is 421 g/mol. The number of hydrogen-bond acceptors (Lipinski definition) is 6. The number of nitrogens with zero attached hydrogens (tertiary/aromatic N) is 2. The molecule has 0 unspecified atom stereocenters.